The van der Waals surface area contributed by atoms with Gasteiger partial charge in [0.15, 0.2) is 0 Å². The number of hydrogen-bond donors (Lipinski definition) is 0. The highest BCUT2D eigenvalue weighted by molar-refractivity contribution is 5.55. The molecule has 0 radical (unpaired) electrons. The highest BCUT2D eigenvalue weighted by Crippen LogP contribution is 2.44. The number of ether oxygens (including phenoxy) is 5. The molecule has 78 heavy (non-hydrogen) atoms. The van der Waals surface area contributed by atoms with Crippen LogP contribution in [-0.2, 0) is 45.1 Å². The maximum absolute atomic E-state index is 16.4. The second kappa shape index (κ2) is 23.0. The van der Waals surface area contributed by atoms with Crippen LogP contribution >= 0.6 is 0 Å². The van der Waals surface area contributed by atoms with Crippen LogP contribution in [0.25, 0.3) is 5.69 Å². The van der Waals surface area contributed by atoms with Crippen molar-refractivity contribution in [3.8, 4) is 17.2 Å². The molecule has 3 aromatic heterocycles. The summed E-state index contributed by atoms with van der Waals surface area (Å²) in [6, 6.07) is 34.2. The number of nitrogens with zero attached hydrogens (tertiary/aromatic N) is 11. The maximum Gasteiger partial charge on any atom is 0.350 e. The van der Waals surface area contributed by atoms with Crippen LogP contribution in [0.3, 0.4) is 0 Å². The van der Waals surface area contributed by atoms with Gasteiger partial charge in [0, 0.05) is 72.6 Å². The SMILES string of the molecule is CC[C@@H]([C@H](C)OCc1ccccc1)n1ncn(-c2ccc(N3CCN(c4ccc(OC[C@@H]5CO[C@@](Cn6cncn6)(c6ccc(OC[C@@H]7CO[C@@](Cn8cncn8)(c8ccc(F)cc8F)C7)cc6F)C5)cc4)CC3)cc2)c1=O. The first kappa shape index (κ1) is 52.3. The van der Waals surface area contributed by atoms with E-state index in [1.165, 1.54) is 41.9 Å². The Bertz CT molecular complexity index is 3290. The normalized spacial score (nSPS) is 21.2. The molecule has 0 aliphatic carbocycles. The van der Waals surface area contributed by atoms with Gasteiger partial charge in [0.05, 0.1) is 64.0 Å². The minimum Gasteiger partial charge on any atom is -0.493 e. The molecular weight excluding hydrogens is 1000 g/mol. The molecule has 5 aromatic carbocycles. The Hall–Kier alpha value is -7.81. The number of benzene rings is 5. The summed E-state index contributed by atoms with van der Waals surface area (Å²) in [6.07, 6.45) is 8.83. The largest absolute Gasteiger partial charge is 0.493 e. The van der Waals surface area contributed by atoms with Crippen molar-refractivity contribution in [3.05, 3.63) is 192 Å². The monoisotopic (exact) mass is 1070 g/mol. The van der Waals surface area contributed by atoms with Gasteiger partial charge in [-0.25, -0.2) is 46.5 Å². The van der Waals surface area contributed by atoms with E-state index in [1.54, 1.807) is 38.7 Å². The Morgan fingerprint density at radius 2 is 1.18 bits per heavy atom. The van der Waals surface area contributed by atoms with Crippen molar-refractivity contribution in [1.29, 1.82) is 0 Å². The molecule has 0 unspecified atom stereocenters. The fourth-order valence-electron chi connectivity index (χ4n) is 11.2. The average molecular weight is 1070 g/mol. The van der Waals surface area contributed by atoms with E-state index in [-0.39, 0.29) is 61.5 Å². The average Bonchev–Trinajstić information content (AvgIpc) is 4.38. The van der Waals surface area contributed by atoms with E-state index >= 15 is 8.78 Å². The first-order valence-electron chi connectivity index (χ1n) is 26.5. The topological polar surface area (TPSA) is 154 Å². The number of piperazine rings is 1. The van der Waals surface area contributed by atoms with Gasteiger partial charge in [0.2, 0.25) is 0 Å². The number of anilines is 2. The molecule has 0 amide bonds. The summed E-state index contributed by atoms with van der Waals surface area (Å²) in [5.74, 6) is -1.08. The van der Waals surface area contributed by atoms with Crippen LogP contribution in [0, 0.1) is 29.3 Å². The quantitative estimate of drug-likeness (QED) is 0.0676. The van der Waals surface area contributed by atoms with Crippen LogP contribution in [0.15, 0.2) is 152 Å². The smallest absolute Gasteiger partial charge is 0.350 e. The van der Waals surface area contributed by atoms with Crippen LogP contribution in [0.2, 0.25) is 0 Å². The molecule has 0 N–H and O–H groups in total. The second-order valence-corrected chi connectivity index (χ2v) is 20.5. The second-order valence-electron chi connectivity index (χ2n) is 20.5. The third-order valence-corrected chi connectivity index (χ3v) is 15.3. The number of halogens is 3. The van der Waals surface area contributed by atoms with Crippen LogP contribution < -0.4 is 25.0 Å². The molecule has 3 aliphatic rings. The number of rotatable bonds is 21. The van der Waals surface area contributed by atoms with Crippen LogP contribution in [-0.4, -0.2) is 103 Å². The van der Waals surface area contributed by atoms with E-state index in [2.05, 4.69) is 59.3 Å². The molecule has 3 fully saturated rings. The number of hydrogen-bond acceptors (Lipinski definition) is 13. The van der Waals surface area contributed by atoms with Gasteiger partial charge < -0.3 is 33.5 Å². The van der Waals surface area contributed by atoms with E-state index in [0.29, 0.717) is 50.4 Å². The summed E-state index contributed by atoms with van der Waals surface area (Å²) in [4.78, 5) is 26.5. The maximum atomic E-state index is 16.4. The lowest BCUT2D eigenvalue weighted by Crippen LogP contribution is -2.46. The van der Waals surface area contributed by atoms with Gasteiger partial charge in [-0.1, -0.05) is 43.3 Å². The van der Waals surface area contributed by atoms with Crippen molar-refractivity contribution in [2.24, 2.45) is 11.8 Å². The lowest BCUT2D eigenvalue weighted by molar-refractivity contribution is -0.0207. The lowest BCUT2D eigenvalue weighted by atomic mass is 9.86. The first-order valence-corrected chi connectivity index (χ1v) is 26.5. The van der Waals surface area contributed by atoms with Gasteiger partial charge in [0.25, 0.3) is 0 Å². The van der Waals surface area contributed by atoms with Crippen molar-refractivity contribution in [1.82, 2.24) is 43.9 Å². The Balaban J connectivity index is 0.668. The van der Waals surface area contributed by atoms with E-state index in [0.717, 1.165) is 60.6 Å². The molecule has 0 bridgehead atoms. The lowest BCUT2D eigenvalue weighted by Gasteiger charge is -2.37. The molecule has 6 heterocycles. The zero-order chi connectivity index (χ0) is 53.6. The molecule has 3 aliphatic heterocycles. The van der Waals surface area contributed by atoms with Gasteiger partial charge in [-0.05, 0) is 98.5 Å². The zero-order valence-electron chi connectivity index (χ0n) is 43.6. The molecule has 406 valence electrons. The summed E-state index contributed by atoms with van der Waals surface area (Å²) in [5.41, 5.74) is 2.22. The molecule has 3 saturated heterocycles. The highest BCUT2D eigenvalue weighted by atomic mass is 19.1. The third kappa shape index (κ3) is 11.4. The van der Waals surface area contributed by atoms with E-state index in [1.807, 2.05) is 68.4 Å². The van der Waals surface area contributed by atoms with Crippen LogP contribution in [0.4, 0.5) is 24.5 Å². The molecule has 17 nitrogen and oxygen atoms in total. The van der Waals surface area contributed by atoms with Crippen molar-refractivity contribution >= 4 is 11.4 Å². The van der Waals surface area contributed by atoms with Crippen molar-refractivity contribution in [2.45, 2.75) is 76.2 Å². The fraction of sp³-hybridized carbons (Fsp3) is 0.379. The molecule has 8 aromatic rings. The zero-order valence-corrected chi connectivity index (χ0v) is 43.6. The van der Waals surface area contributed by atoms with Crippen molar-refractivity contribution in [3.63, 3.8) is 0 Å². The van der Waals surface area contributed by atoms with Gasteiger partial charge in [0.1, 0.15) is 71.8 Å². The summed E-state index contributed by atoms with van der Waals surface area (Å²) in [5, 5.41) is 13.0. The summed E-state index contributed by atoms with van der Waals surface area (Å²) in [6.45, 7) is 9.33. The molecular formula is C58H62F3N11O6. The van der Waals surface area contributed by atoms with Crippen molar-refractivity contribution < 1.29 is 36.9 Å². The standard InChI is InChI=1S/C58H62F3N11O6/c1-3-55(41(2)74-29-42-7-5-4-6-8-42)72-56(73)71(40-66-72)48-12-10-46(11-13-48)67-21-23-68(24-22-67)47-14-16-49(17-15-47)75-30-43-27-58(78-32-43,35-70-39-63-37-65-70)52-20-18-50(26-54(52)61)76-31-44-28-57(77-33-44,34-69-38-62-36-64-69)51-19-9-45(59)25-53(51)60/h4-20,25-26,36-41,43-44,55H,3,21-24,27-35H2,1-2H3/t41-,43+,44+,55-,57-,58-/m0/s1. The molecule has 0 saturated carbocycles. The van der Waals surface area contributed by atoms with Gasteiger partial charge in [-0.3, -0.25) is 0 Å². The Kier molecular flexibility index (Phi) is 15.4. The predicted molar refractivity (Wildman–Crippen MR) is 284 cm³/mol. The van der Waals surface area contributed by atoms with Crippen LogP contribution in [0.1, 0.15) is 55.8 Å². The summed E-state index contributed by atoms with van der Waals surface area (Å²) >= 11 is 0. The fourth-order valence-corrected chi connectivity index (χ4v) is 11.2. The Labute approximate surface area is 449 Å². The highest BCUT2D eigenvalue weighted by Gasteiger charge is 2.46. The van der Waals surface area contributed by atoms with Gasteiger partial charge in [-0.15, -0.1) is 0 Å². The first-order chi connectivity index (χ1) is 38.0. The minimum absolute atomic E-state index is 0.0527. The van der Waals surface area contributed by atoms with Crippen LogP contribution in [0.5, 0.6) is 11.5 Å². The molecule has 6 atom stereocenters. The Morgan fingerprint density at radius 1 is 0.641 bits per heavy atom. The predicted octanol–water partition coefficient (Wildman–Crippen LogP) is 8.54. The van der Waals surface area contributed by atoms with E-state index < -0.39 is 28.7 Å². The summed E-state index contributed by atoms with van der Waals surface area (Å²) < 4.78 is 83.3. The van der Waals surface area contributed by atoms with Gasteiger partial charge in [-0.2, -0.15) is 15.3 Å². The molecule has 0 spiro atoms. The molecule has 11 rings (SSSR count). The third-order valence-electron chi connectivity index (χ3n) is 15.3. The van der Waals surface area contributed by atoms with E-state index in [9.17, 15) is 9.18 Å². The summed E-state index contributed by atoms with van der Waals surface area (Å²) in [7, 11) is 0. The van der Waals surface area contributed by atoms with E-state index in [4.69, 9.17) is 23.7 Å². The Morgan fingerprint density at radius 3 is 1.73 bits per heavy atom. The van der Waals surface area contributed by atoms with Gasteiger partial charge >= 0.3 is 5.69 Å². The number of aromatic nitrogens is 9. The minimum atomic E-state index is -1.14. The molecule has 20 heteroatoms. The van der Waals surface area contributed by atoms with Crippen molar-refractivity contribution in [2.75, 3.05) is 62.4 Å².